The van der Waals surface area contributed by atoms with Gasteiger partial charge in [0.1, 0.15) is 0 Å². The van der Waals surface area contributed by atoms with E-state index in [1.807, 2.05) is 13.8 Å². The largest absolute Gasteiger partial charge is 0.543 e. The number of piperazine rings is 2. The second-order valence-electron chi connectivity index (χ2n) is 18.3. The average Bonchev–Trinajstić information content (AvgIpc) is 4.08. The zero-order valence-electron chi connectivity index (χ0n) is 47.1. The molecule has 0 bridgehead atoms. The SMILES string of the molecule is CCOc1nc2ccc(NC(C)CN3CCN(CCc4ccccc4)CC3)cc2s1.CCOc1nc2ccc(NC(C)CN3CCN(CCc4ccccc4)CC3)cc2s1.O.O=C([O-])C(=O)[O-].O=C([O-])C(=O)[O-].O=C([O-])C(=O)[O-].O=C([O-])C(=O)[O-]. The first-order valence-electron chi connectivity index (χ1n) is 26.2. The molecular weight excluding hydrogens is 1150 g/mol. The van der Waals surface area contributed by atoms with Gasteiger partial charge in [-0.15, -0.1) is 0 Å². The lowest BCUT2D eigenvalue weighted by atomic mass is 10.1. The summed E-state index contributed by atoms with van der Waals surface area (Å²) in [4.78, 5) is 90.8. The van der Waals surface area contributed by atoms with Gasteiger partial charge in [-0.2, -0.15) is 0 Å². The maximum absolute atomic E-state index is 8.93. The van der Waals surface area contributed by atoms with Crippen molar-refractivity contribution in [2.75, 3.05) is 102 Å². The third-order valence-corrected chi connectivity index (χ3v) is 13.7. The van der Waals surface area contributed by atoms with Gasteiger partial charge in [-0.3, -0.25) is 9.80 Å². The maximum Gasteiger partial charge on any atom is 0.274 e. The van der Waals surface area contributed by atoms with Gasteiger partial charge in [0.25, 0.3) is 10.4 Å². The van der Waals surface area contributed by atoms with Crippen molar-refractivity contribution in [1.29, 1.82) is 0 Å². The molecule has 6 aromatic rings. The topological polar surface area (TPSA) is 434 Å². The summed E-state index contributed by atoms with van der Waals surface area (Å²) in [5.41, 5.74) is 7.20. The van der Waals surface area contributed by atoms with Crippen LogP contribution in [0, 0.1) is 0 Å². The van der Waals surface area contributed by atoms with Crippen LogP contribution >= 0.6 is 22.7 Å². The Kier molecular flexibility index (Phi) is 33.3. The minimum absolute atomic E-state index is 0. The van der Waals surface area contributed by atoms with E-state index in [9.17, 15) is 0 Å². The number of hydrogen-bond donors (Lipinski definition) is 2. The van der Waals surface area contributed by atoms with Crippen LogP contribution in [0.2, 0.25) is 0 Å². The summed E-state index contributed by atoms with van der Waals surface area (Å²) in [5.74, 6) is -17.5. The first-order chi connectivity index (χ1) is 40.0. The van der Waals surface area contributed by atoms with E-state index in [-0.39, 0.29) is 5.48 Å². The fourth-order valence-electron chi connectivity index (χ4n) is 8.05. The van der Waals surface area contributed by atoms with Gasteiger partial charge in [-0.1, -0.05) is 83.3 Å². The molecule has 0 amide bonds. The Labute approximate surface area is 497 Å². The van der Waals surface area contributed by atoms with Crippen LogP contribution in [-0.4, -0.2) is 187 Å². The fraction of sp³-hybridized carbons (Fsp3) is 0.393. The predicted octanol–water partition coefficient (Wildman–Crippen LogP) is -6.17. The summed E-state index contributed by atoms with van der Waals surface area (Å²) in [7, 11) is 0. The molecule has 27 nitrogen and oxygen atoms in total. The van der Waals surface area contributed by atoms with Gasteiger partial charge < -0.3 is 115 Å². The van der Waals surface area contributed by atoms with Gasteiger partial charge in [0.05, 0.1) is 81.4 Å². The van der Waals surface area contributed by atoms with Gasteiger partial charge in [0.15, 0.2) is 0 Å². The molecule has 0 radical (unpaired) electrons. The van der Waals surface area contributed by atoms with Crippen LogP contribution in [0.25, 0.3) is 20.4 Å². The molecule has 464 valence electrons. The van der Waals surface area contributed by atoms with Crippen LogP contribution in [0.1, 0.15) is 38.8 Å². The first kappa shape index (κ1) is 72.5. The lowest BCUT2D eigenvalue weighted by Gasteiger charge is -2.36. The Morgan fingerprint density at radius 2 is 0.741 bits per heavy atom. The lowest BCUT2D eigenvalue weighted by molar-refractivity contribution is -0.345. The molecule has 2 aliphatic rings. The van der Waals surface area contributed by atoms with Crippen molar-refractivity contribution in [3.05, 3.63) is 108 Å². The molecule has 4 aromatic carbocycles. The number of aliphatic carboxylic acids is 8. The first-order valence-corrected chi connectivity index (χ1v) is 27.9. The molecule has 2 atom stereocenters. The van der Waals surface area contributed by atoms with Crippen molar-refractivity contribution < 1.29 is 94.2 Å². The van der Waals surface area contributed by atoms with Crippen LogP contribution in [0.15, 0.2) is 97.1 Å². The Balaban J connectivity index is 0.000000417. The summed E-state index contributed by atoms with van der Waals surface area (Å²) < 4.78 is 13.4. The van der Waals surface area contributed by atoms with Crippen LogP contribution in [0.3, 0.4) is 0 Å². The molecule has 4 N–H and O–H groups in total. The van der Waals surface area contributed by atoms with Crippen LogP contribution in [0.5, 0.6) is 10.4 Å². The quantitative estimate of drug-likeness (QED) is 0.0756. The number of carbonyl (C=O) groups excluding carboxylic acids is 8. The number of hydrogen-bond acceptors (Lipinski definition) is 28. The summed E-state index contributed by atoms with van der Waals surface area (Å²) in [6, 6.07) is 35.2. The number of thiazole rings is 2. The van der Waals surface area contributed by atoms with Gasteiger partial charge in [0, 0.05) is 102 Å². The van der Waals surface area contributed by atoms with Crippen LogP contribution in [-0.2, 0) is 51.2 Å². The maximum atomic E-state index is 8.93. The van der Waals surface area contributed by atoms with Gasteiger partial charge >= 0.3 is 0 Å². The van der Waals surface area contributed by atoms with E-state index >= 15 is 0 Å². The Bertz CT molecular complexity index is 2730. The number of carboxylic acids is 8. The molecule has 2 aromatic heterocycles. The summed E-state index contributed by atoms with van der Waals surface area (Å²) in [5, 5.41) is 80.2. The third kappa shape index (κ3) is 29.5. The second-order valence-corrected chi connectivity index (χ2v) is 20.3. The molecule has 2 aliphatic heterocycles. The molecule has 2 fully saturated rings. The lowest BCUT2D eigenvalue weighted by Crippen LogP contribution is -2.49. The van der Waals surface area contributed by atoms with E-state index < -0.39 is 47.8 Å². The highest BCUT2D eigenvalue weighted by atomic mass is 32.1. The number of carbonyl (C=O) groups is 8. The second kappa shape index (κ2) is 39.1. The zero-order chi connectivity index (χ0) is 62.1. The fourth-order valence-corrected chi connectivity index (χ4v) is 9.87. The zero-order valence-corrected chi connectivity index (χ0v) is 48.7. The van der Waals surface area contributed by atoms with E-state index in [0.717, 1.165) is 124 Å². The number of carboxylic acid groups (broad SMARTS) is 8. The predicted molar refractivity (Wildman–Crippen MR) is 297 cm³/mol. The normalized spacial score (nSPS) is 13.8. The molecule has 0 aliphatic carbocycles. The number of benzene rings is 4. The highest BCUT2D eigenvalue weighted by Crippen LogP contribution is 2.31. The smallest absolute Gasteiger partial charge is 0.274 e. The van der Waals surface area contributed by atoms with E-state index in [1.165, 1.54) is 20.5 Å². The number of nitrogens with one attached hydrogen (secondary N) is 2. The Morgan fingerprint density at radius 3 is 1.01 bits per heavy atom. The number of nitrogens with zero attached hydrogens (tertiary/aromatic N) is 6. The van der Waals surface area contributed by atoms with Gasteiger partial charge in [-0.05, 0) is 88.1 Å². The standard InChI is InChI=1S/2C24H32N4OS.4C2H2O4.H2O/c2*1-3-29-24-26-22-10-9-21(17-23(22)30-24)25-19(2)18-28-15-13-27(14-16-28)12-11-20-7-5-4-6-8-20;4*3-1(4)2(5)6;/h2*4-10,17,19,25H,3,11-16,18H2,1-2H3;4*(H,3,4)(H,5,6);1H2/p-8. The minimum Gasteiger partial charge on any atom is -0.543 e. The third-order valence-electron chi connectivity index (χ3n) is 11.9. The minimum atomic E-state index is -2.19. The molecular formula is C56H66N8O19S2-8. The summed E-state index contributed by atoms with van der Waals surface area (Å²) in [6.45, 7) is 23.5. The van der Waals surface area contributed by atoms with E-state index in [4.69, 9.17) is 88.7 Å². The highest BCUT2D eigenvalue weighted by molar-refractivity contribution is 7.20. The molecule has 2 saturated heterocycles. The van der Waals surface area contributed by atoms with Crippen molar-refractivity contribution in [3.63, 3.8) is 0 Å². The number of aromatic nitrogens is 2. The van der Waals surface area contributed by atoms with Crippen molar-refractivity contribution in [3.8, 4) is 10.4 Å². The molecule has 8 rings (SSSR count). The molecule has 29 heteroatoms. The highest BCUT2D eigenvalue weighted by Gasteiger charge is 2.20. The number of ether oxygens (including phenoxy) is 2. The van der Waals surface area contributed by atoms with E-state index in [2.05, 4.69) is 151 Å². The Morgan fingerprint density at radius 1 is 0.459 bits per heavy atom. The van der Waals surface area contributed by atoms with Crippen LogP contribution in [0.4, 0.5) is 11.4 Å². The number of fused-ring (bicyclic) bond motifs is 2. The summed E-state index contributed by atoms with van der Waals surface area (Å²) in [6.07, 6.45) is 2.29. The average molecular weight is 1220 g/mol. The van der Waals surface area contributed by atoms with E-state index in [0.29, 0.717) is 25.3 Å². The molecule has 4 heterocycles. The summed E-state index contributed by atoms with van der Waals surface area (Å²) >= 11 is 3.23. The molecule has 0 saturated carbocycles. The molecule has 85 heavy (non-hydrogen) atoms. The van der Waals surface area contributed by atoms with Crippen LogP contribution < -0.4 is 61.0 Å². The van der Waals surface area contributed by atoms with Crippen molar-refractivity contribution >= 4 is 102 Å². The molecule has 2 unspecified atom stereocenters. The number of rotatable bonds is 18. The van der Waals surface area contributed by atoms with Gasteiger partial charge in [0.2, 0.25) is 0 Å². The number of anilines is 2. The van der Waals surface area contributed by atoms with Crippen molar-refractivity contribution in [2.45, 2.75) is 52.6 Å². The van der Waals surface area contributed by atoms with Gasteiger partial charge in [-0.25, -0.2) is 9.97 Å². The molecule has 0 spiro atoms. The van der Waals surface area contributed by atoms with Crippen molar-refractivity contribution in [1.82, 2.24) is 29.6 Å². The Hall–Kier alpha value is -8.58. The van der Waals surface area contributed by atoms with Crippen molar-refractivity contribution in [2.24, 2.45) is 0 Å². The van der Waals surface area contributed by atoms with E-state index in [1.54, 1.807) is 22.7 Å². The monoisotopic (exact) mass is 1220 g/mol.